The molecule has 0 aliphatic carbocycles. The number of sulfone groups is 1. The molecular weight excluding hydrogens is 381 g/mol. The molecule has 0 aliphatic rings. The fraction of sp³-hybridized carbons (Fsp3) is 0.200. The number of nitrogens with two attached hydrogens (primary N) is 1. The van der Waals surface area contributed by atoms with E-state index in [1.165, 1.54) is 12.1 Å². The molecule has 0 fully saturated rings. The Labute approximate surface area is 150 Å². The first kappa shape index (κ1) is 18.4. The maximum Gasteiger partial charge on any atom is 0.177 e. The highest BCUT2D eigenvalue weighted by atomic mass is 35.5. The lowest BCUT2D eigenvalue weighted by atomic mass is 10.1. The number of hydrogen-bond acceptors (Lipinski definition) is 4. The second kappa shape index (κ2) is 7.28. The van der Waals surface area contributed by atoms with Crippen LogP contribution in [0.5, 0.6) is 11.5 Å². The van der Waals surface area contributed by atoms with E-state index in [9.17, 15) is 8.42 Å². The van der Waals surface area contributed by atoms with Crippen LogP contribution in [0.4, 0.5) is 0 Å². The average Bonchev–Trinajstić information content (AvgIpc) is 2.44. The van der Waals surface area contributed by atoms with Gasteiger partial charge in [-0.3, -0.25) is 0 Å². The van der Waals surface area contributed by atoms with Gasteiger partial charge in [-0.15, -0.1) is 0 Å². The zero-order chi connectivity index (χ0) is 17.2. The predicted octanol–water partition coefficient (Wildman–Crippen LogP) is 4.34. The van der Waals surface area contributed by atoms with Crippen LogP contribution in [0.2, 0.25) is 15.1 Å². The molecule has 2 rings (SSSR count). The van der Waals surface area contributed by atoms with E-state index in [4.69, 9.17) is 45.3 Å². The highest BCUT2D eigenvalue weighted by Gasteiger charge is 2.17. The quantitative estimate of drug-likeness (QED) is 0.819. The van der Waals surface area contributed by atoms with Gasteiger partial charge >= 0.3 is 0 Å². The Morgan fingerprint density at radius 1 is 1.04 bits per heavy atom. The predicted molar refractivity (Wildman–Crippen MR) is 93.9 cm³/mol. The van der Waals surface area contributed by atoms with Crippen molar-refractivity contribution in [1.82, 2.24) is 0 Å². The molecule has 124 valence electrons. The number of hydrogen-bond donors (Lipinski definition) is 1. The van der Waals surface area contributed by atoms with E-state index in [2.05, 4.69) is 0 Å². The molecule has 0 amide bonds. The minimum Gasteiger partial charge on any atom is -0.457 e. The average molecular weight is 395 g/mol. The van der Waals surface area contributed by atoms with Crippen molar-refractivity contribution >= 4 is 44.6 Å². The van der Waals surface area contributed by atoms with Crippen LogP contribution >= 0.6 is 34.8 Å². The van der Waals surface area contributed by atoms with E-state index in [1.807, 2.05) is 0 Å². The third kappa shape index (κ3) is 4.52. The molecule has 0 bridgehead atoms. The number of rotatable bonds is 5. The largest absolute Gasteiger partial charge is 0.457 e. The van der Waals surface area contributed by atoms with Gasteiger partial charge in [-0.05, 0) is 36.7 Å². The lowest BCUT2D eigenvalue weighted by molar-refractivity contribution is 0.475. The summed E-state index contributed by atoms with van der Waals surface area (Å²) in [7, 11) is -3.44. The maximum atomic E-state index is 11.8. The summed E-state index contributed by atoms with van der Waals surface area (Å²) in [6.07, 6.45) is 1.54. The minimum atomic E-state index is -3.44. The van der Waals surface area contributed by atoms with Crippen LogP contribution in [0.25, 0.3) is 0 Å². The van der Waals surface area contributed by atoms with Crippen molar-refractivity contribution in [3.63, 3.8) is 0 Å². The van der Waals surface area contributed by atoms with Gasteiger partial charge in [0, 0.05) is 18.4 Å². The van der Waals surface area contributed by atoms with Gasteiger partial charge in [-0.25, -0.2) is 8.42 Å². The van der Waals surface area contributed by atoms with Gasteiger partial charge in [0.2, 0.25) is 0 Å². The van der Waals surface area contributed by atoms with E-state index in [-0.39, 0.29) is 9.92 Å². The summed E-state index contributed by atoms with van der Waals surface area (Å²) in [4.78, 5) is 0.0455. The third-order valence-corrected chi connectivity index (χ3v) is 5.35. The van der Waals surface area contributed by atoms with Gasteiger partial charge in [0.05, 0.1) is 20.0 Å². The summed E-state index contributed by atoms with van der Waals surface area (Å²) >= 11 is 17.9. The Bertz CT molecular complexity index is 838. The molecule has 0 saturated carbocycles. The van der Waals surface area contributed by atoms with Crippen molar-refractivity contribution in [3.05, 3.63) is 51.0 Å². The standard InChI is InChI=1S/C15H14Cl3NO3S/c1-23(20,21)15-6-9(4-5-19)14(8-13(15)18)22-10-2-3-11(16)12(17)7-10/h2-3,6-8H,4-5,19H2,1H3. The van der Waals surface area contributed by atoms with Crippen LogP contribution in [0.15, 0.2) is 35.2 Å². The van der Waals surface area contributed by atoms with Gasteiger partial charge < -0.3 is 10.5 Å². The summed E-state index contributed by atoms with van der Waals surface area (Å²) in [6.45, 7) is 0.336. The SMILES string of the molecule is CS(=O)(=O)c1cc(CCN)c(Oc2ccc(Cl)c(Cl)c2)cc1Cl. The number of benzene rings is 2. The topological polar surface area (TPSA) is 69.4 Å². The van der Waals surface area contributed by atoms with E-state index < -0.39 is 9.84 Å². The van der Waals surface area contributed by atoms with Crippen molar-refractivity contribution in [2.24, 2.45) is 5.73 Å². The Morgan fingerprint density at radius 3 is 2.30 bits per heavy atom. The Balaban J connectivity index is 2.48. The van der Waals surface area contributed by atoms with Crippen molar-refractivity contribution in [2.45, 2.75) is 11.3 Å². The monoisotopic (exact) mass is 393 g/mol. The summed E-state index contributed by atoms with van der Waals surface area (Å²) in [5.74, 6) is 0.882. The minimum absolute atomic E-state index is 0.0455. The maximum absolute atomic E-state index is 11.8. The molecular formula is C15H14Cl3NO3S. The first-order chi connectivity index (χ1) is 10.7. The second-order valence-electron chi connectivity index (χ2n) is 4.88. The summed E-state index contributed by atoms with van der Waals surface area (Å²) in [5, 5.41) is 0.846. The van der Waals surface area contributed by atoms with Crippen LogP contribution in [-0.4, -0.2) is 21.2 Å². The second-order valence-corrected chi connectivity index (χ2v) is 8.08. The smallest absolute Gasteiger partial charge is 0.177 e. The van der Waals surface area contributed by atoms with Gasteiger partial charge in [0.15, 0.2) is 9.84 Å². The van der Waals surface area contributed by atoms with E-state index in [0.29, 0.717) is 40.1 Å². The van der Waals surface area contributed by atoms with E-state index >= 15 is 0 Å². The Morgan fingerprint density at radius 2 is 1.74 bits per heavy atom. The van der Waals surface area contributed by atoms with Crippen LogP contribution in [-0.2, 0) is 16.3 Å². The normalized spacial score (nSPS) is 11.5. The van der Waals surface area contributed by atoms with Crippen molar-refractivity contribution in [1.29, 1.82) is 0 Å². The molecule has 4 nitrogen and oxygen atoms in total. The van der Waals surface area contributed by atoms with Gasteiger partial charge in [0.25, 0.3) is 0 Å². The molecule has 0 aromatic heterocycles. The molecule has 0 atom stereocenters. The fourth-order valence-corrected chi connectivity index (χ4v) is 3.61. The highest BCUT2D eigenvalue weighted by molar-refractivity contribution is 7.90. The first-order valence-corrected chi connectivity index (χ1v) is 9.60. The molecule has 2 aromatic carbocycles. The molecule has 8 heteroatoms. The lowest BCUT2D eigenvalue weighted by Crippen LogP contribution is -2.07. The highest BCUT2D eigenvalue weighted by Crippen LogP contribution is 2.35. The zero-order valence-corrected chi connectivity index (χ0v) is 15.2. The summed E-state index contributed by atoms with van der Waals surface area (Å²) in [5.41, 5.74) is 6.23. The van der Waals surface area contributed by atoms with Crippen LogP contribution in [0, 0.1) is 0 Å². The molecule has 0 aliphatic heterocycles. The lowest BCUT2D eigenvalue weighted by Gasteiger charge is -2.14. The summed E-state index contributed by atoms with van der Waals surface area (Å²) in [6, 6.07) is 7.77. The van der Waals surface area contributed by atoms with Crippen molar-refractivity contribution in [3.8, 4) is 11.5 Å². The number of ether oxygens (including phenoxy) is 1. The third-order valence-electron chi connectivity index (χ3n) is 3.05. The van der Waals surface area contributed by atoms with Crippen LogP contribution in [0.3, 0.4) is 0 Å². The fourth-order valence-electron chi connectivity index (χ4n) is 1.97. The number of halogens is 3. The van der Waals surface area contributed by atoms with Gasteiger partial charge in [-0.2, -0.15) is 0 Å². The van der Waals surface area contributed by atoms with Crippen molar-refractivity contribution < 1.29 is 13.2 Å². The van der Waals surface area contributed by atoms with Gasteiger partial charge in [-0.1, -0.05) is 34.8 Å². The van der Waals surface area contributed by atoms with Crippen molar-refractivity contribution in [2.75, 3.05) is 12.8 Å². The van der Waals surface area contributed by atoms with Crippen LogP contribution < -0.4 is 10.5 Å². The molecule has 0 unspecified atom stereocenters. The first-order valence-electron chi connectivity index (χ1n) is 6.58. The van der Waals surface area contributed by atoms with E-state index in [1.54, 1.807) is 18.2 Å². The molecule has 0 saturated heterocycles. The van der Waals surface area contributed by atoms with E-state index in [0.717, 1.165) is 6.26 Å². The molecule has 2 N–H and O–H groups in total. The molecule has 0 radical (unpaired) electrons. The summed E-state index contributed by atoms with van der Waals surface area (Å²) < 4.78 is 29.3. The van der Waals surface area contributed by atoms with Gasteiger partial charge in [0.1, 0.15) is 11.5 Å². The molecule has 0 spiro atoms. The Hall–Kier alpha value is -0.980. The zero-order valence-electron chi connectivity index (χ0n) is 12.1. The molecule has 2 aromatic rings. The molecule has 0 heterocycles. The van der Waals surface area contributed by atoms with Crippen LogP contribution in [0.1, 0.15) is 5.56 Å². The molecule has 23 heavy (non-hydrogen) atoms. The Kier molecular flexibility index (Phi) is 5.81.